The molecule has 0 spiro atoms. The number of aryl methyl sites for hydroxylation is 3. The normalized spacial score (nSPS) is 12.1. The van der Waals surface area contributed by atoms with Gasteiger partial charge in [0.2, 0.25) is 0 Å². The van der Waals surface area contributed by atoms with Gasteiger partial charge >= 0.3 is 0 Å². The summed E-state index contributed by atoms with van der Waals surface area (Å²) in [5.74, 6) is 0. The fourth-order valence-corrected chi connectivity index (χ4v) is 7.70. The Morgan fingerprint density at radius 1 is 0.455 bits per heavy atom. The number of fused-ring (bicyclic) bond motifs is 5. The molecule has 0 bridgehead atoms. The Labute approximate surface area is 260 Å². The quantitative estimate of drug-likeness (QED) is 0.187. The molecule has 0 aliphatic heterocycles. The Morgan fingerprint density at radius 2 is 0.977 bits per heavy atom. The van der Waals surface area contributed by atoms with Gasteiger partial charge in [-0.05, 0) is 133 Å². The molecule has 0 unspecified atom stereocenters. The largest absolute Gasteiger partial charge is 0.0620 e. The summed E-state index contributed by atoms with van der Waals surface area (Å²) in [5.41, 5.74) is 19.0. The number of benzene rings is 7. The lowest BCUT2D eigenvalue weighted by atomic mass is 9.81. The van der Waals surface area contributed by atoms with Crippen LogP contribution in [-0.4, -0.2) is 0 Å². The summed E-state index contributed by atoms with van der Waals surface area (Å²) in [5, 5.41) is 5.31. The molecule has 0 radical (unpaired) electrons. The lowest BCUT2D eigenvalue weighted by Crippen LogP contribution is -1.97. The van der Waals surface area contributed by atoms with Crippen molar-refractivity contribution in [3.05, 3.63) is 155 Å². The maximum Gasteiger partial charge on any atom is -0.000728 e. The first-order valence-corrected chi connectivity index (χ1v) is 15.9. The Morgan fingerprint density at radius 3 is 1.68 bits per heavy atom. The second-order valence-electron chi connectivity index (χ2n) is 12.4. The van der Waals surface area contributed by atoms with Crippen LogP contribution in [0.3, 0.4) is 0 Å². The van der Waals surface area contributed by atoms with Crippen LogP contribution in [-0.2, 0) is 12.8 Å². The number of hydrogen-bond donors (Lipinski definition) is 0. The van der Waals surface area contributed by atoms with Crippen LogP contribution in [0.2, 0.25) is 0 Å². The maximum absolute atomic E-state index is 2.45. The highest BCUT2D eigenvalue weighted by Crippen LogP contribution is 2.49. The van der Waals surface area contributed by atoms with Gasteiger partial charge in [0.25, 0.3) is 0 Å². The third kappa shape index (κ3) is 3.98. The number of hydrogen-bond acceptors (Lipinski definition) is 0. The molecule has 8 rings (SSSR count). The van der Waals surface area contributed by atoms with Crippen LogP contribution >= 0.6 is 0 Å². The molecule has 0 heteroatoms. The summed E-state index contributed by atoms with van der Waals surface area (Å²) in [6, 6.07) is 45.6. The first-order chi connectivity index (χ1) is 21.5. The minimum absolute atomic E-state index is 0.974. The van der Waals surface area contributed by atoms with Crippen molar-refractivity contribution in [2.24, 2.45) is 0 Å². The smallest absolute Gasteiger partial charge is 0.000728 e. The summed E-state index contributed by atoms with van der Waals surface area (Å²) >= 11 is 0. The monoisotopic (exact) mass is 564 g/mol. The van der Waals surface area contributed by atoms with E-state index in [4.69, 9.17) is 0 Å². The van der Waals surface area contributed by atoms with Crippen molar-refractivity contribution in [1.29, 1.82) is 0 Å². The van der Waals surface area contributed by atoms with Gasteiger partial charge in [-0.3, -0.25) is 0 Å². The molecule has 0 atom stereocenters. The summed E-state index contributed by atoms with van der Waals surface area (Å²) in [6.45, 7) is 9.08. The van der Waals surface area contributed by atoms with E-state index in [1.807, 2.05) is 0 Å². The average Bonchev–Trinajstić information content (AvgIpc) is 3.44. The molecule has 7 aromatic rings. The van der Waals surface area contributed by atoms with Crippen molar-refractivity contribution < 1.29 is 0 Å². The summed E-state index contributed by atoms with van der Waals surface area (Å²) in [7, 11) is 0. The first kappa shape index (κ1) is 26.7. The SMILES string of the molecule is CCc1ccccc1-c1cccc(-c2c3ccccc3c(-c3cccc4c3Cc3ccccc3-4)c3cc(C)c(C)cc23)c1C. The van der Waals surface area contributed by atoms with E-state index in [9.17, 15) is 0 Å². The van der Waals surface area contributed by atoms with Crippen LogP contribution < -0.4 is 0 Å². The van der Waals surface area contributed by atoms with Crippen molar-refractivity contribution in [3.8, 4) is 44.5 Å². The summed E-state index contributed by atoms with van der Waals surface area (Å²) < 4.78 is 0. The van der Waals surface area contributed by atoms with E-state index in [-0.39, 0.29) is 0 Å². The molecule has 0 nitrogen and oxygen atoms in total. The highest BCUT2D eigenvalue weighted by molar-refractivity contribution is 6.22. The van der Waals surface area contributed by atoms with E-state index < -0.39 is 0 Å². The van der Waals surface area contributed by atoms with Crippen LogP contribution in [0.15, 0.2) is 121 Å². The van der Waals surface area contributed by atoms with Crippen molar-refractivity contribution in [2.45, 2.75) is 40.5 Å². The average molecular weight is 565 g/mol. The zero-order valence-corrected chi connectivity index (χ0v) is 26.0. The van der Waals surface area contributed by atoms with Crippen LogP contribution in [0.1, 0.15) is 40.3 Å². The van der Waals surface area contributed by atoms with E-state index >= 15 is 0 Å². The predicted octanol–water partition coefficient (Wildman–Crippen LogP) is 12.1. The maximum atomic E-state index is 2.45. The molecule has 0 amide bonds. The van der Waals surface area contributed by atoms with E-state index in [1.54, 1.807) is 0 Å². The van der Waals surface area contributed by atoms with Crippen molar-refractivity contribution >= 4 is 21.5 Å². The topological polar surface area (TPSA) is 0 Å². The van der Waals surface area contributed by atoms with E-state index in [0.717, 1.165) is 12.8 Å². The molecule has 7 aromatic carbocycles. The predicted molar refractivity (Wildman–Crippen MR) is 190 cm³/mol. The van der Waals surface area contributed by atoms with Crippen LogP contribution in [0.4, 0.5) is 0 Å². The fraction of sp³-hybridized carbons (Fsp3) is 0.136. The minimum Gasteiger partial charge on any atom is -0.0620 e. The molecule has 0 saturated carbocycles. The van der Waals surface area contributed by atoms with Crippen LogP contribution in [0, 0.1) is 20.8 Å². The highest BCUT2D eigenvalue weighted by Gasteiger charge is 2.25. The molecule has 0 aromatic heterocycles. The van der Waals surface area contributed by atoms with E-state index in [1.165, 1.54) is 99.4 Å². The summed E-state index contributed by atoms with van der Waals surface area (Å²) in [4.78, 5) is 0. The molecule has 0 N–H and O–H groups in total. The van der Waals surface area contributed by atoms with Gasteiger partial charge < -0.3 is 0 Å². The zero-order valence-electron chi connectivity index (χ0n) is 26.0. The molecular weight excluding hydrogens is 528 g/mol. The third-order valence-corrected chi connectivity index (χ3v) is 10.0. The lowest BCUT2D eigenvalue weighted by molar-refractivity contribution is 1.14. The molecule has 0 fully saturated rings. The van der Waals surface area contributed by atoms with Crippen LogP contribution in [0.25, 0.3) is 66.1 Å². The second kappa shape index (κ2) is 10.4. The zero-order chi connectivity index (χ0) is 29.9. The van der Waals surface area contributed by atoms with Gasteiger partial charge in [-0.15, -0.1) is 0 Å². The molecule has 0 heterocycles. The van der Waals surface area contributed by atoms with Crippen LogP contribution in [0.5, 0.6) is 0 Å². The van der Waals surface area contributed by atoms with E-state index in [0.29, 0.717) is 0 Å². The van der Waals surface area contributed by atoms with E-state index in [2.05, 4.69) is 149 Å². The van der Waals surface area contributed by atoms with Gasteiger partial charge in [0.1, 0.15) is 0 Å². The Kier molecular flexibility index (Phi) is 6.27. The van der Waals surface area contributed by atoms with Crippen molar-refractivity contribution in [2.75, 3.05) is 0 Å². The molecule has 1 aliphatic carbocycles. The lowest BCUT2D eigenvalue weighted by Gasteiger charge is -2.22. The Bertz CT molecular complexity index is 2260. The Hall–Kier alpha value is -4.94. The number of rotatable bonds is 4. The Balaban J connectivity index is 1.48. The van der Waals surface area contributed by atoms with Gasteiger partial charge in [0, 0.05) is 0 Å². The highest BCUT2D eigenvalue weighted by atomic mass is 14.3. The summed E-state index contributed by atoms with van der Waals surface area (Å²) in [6.07, 6.45) is 1.99. The van der Waals surface area contributed by atoms with Gasteiger partial charge in [0.05, 0.1) is 0 Å². The first-order valence-electron chi connectivity index (χ1n) is 15.9. The molecule has 0 saturated heterocycles. The molecule has 44 heavy (non-hydrogen) atoms. The van der Waals surface area contributed by atoms with Gasteiger partial charge in [0.15, 0.2) is 0 Å². The van der Waals surface area contributed by atoms with Gasteiger partial charge in [-0.25, -0.2) is 0 Å². The molecule has 1 aliphatic rings. The molecule has 212 valence electrons. The molecular formula is C44H36. The van der Waals surface area contributed by atoms with Crippen molar-refractivity contribution in [1.82, 2.24) is 0 Å². The fourth-order valence-electron chi connectivity index (χ4n) is 7.70. The van der Waals surface area contributed by atoms with Gasteiger partial charge in [-0.1, -0.05) is 128 Å². The third-order valence-electron chi connectivity index (χ3n) is 10.0. The van der Waals surface area contributed by atoms with Crippen molar-refractivity contribution in [3.63, 3.8) is 0 Å². The second-order valence-corrected chi connectivity index (χ2v) is 12.4. The van der Waals surface area contributed by atoms with Gasteiger partial charge in [-0.2, -0.15) is 0 Å². The minimum atomic E-state index is 0.974. The standard InChI is InChI=1S/C44H36/c1-5-30-14-6-8-16-34(30)32-20-12-21-33(29(32)4)43-37-18-10-11-19-38(37)44(42-25-28(3)27(2)24-41(42)43)39-23-13-22-36-35-17-9-7-15-31(35)26-40(36)39/h6-25H,5,26H2,1-4H3.